The summed E-state index contributed by atoms with van der Waals surface area (Å²) < 4.78 is 22.5. The molecule has 2 atom stereocenters. The van der Waals surface area contributed by atoms with Crippen LogP contribution in [0.25, 0.3) is 0 Å². The van der Waals surface area contributed by atoms with E-state index in [1.165, 1.54) is 18.8 Å². The van der Waals surface area contributed by atoms with Crippen LogP contribution in [0.4, 0.5) is 11.6 Å². The SMILES string of the molecule is CN=S(C)(=O)c1cccc(Sc2ncc(N3CCC4(CC3)CO[C@@H](C)C4)nc2N)c1Cl. The molecule has 2 aromatic rings. The highest BCUT2D eigenvalue weighted by Crippen LogP contribution is 2.43. The summed E-state index contributed by atoms with van der Waals surface area (Å²) in [7, 11) is -1.01. The second-order valence-corrected chi connectivity index (χ2v) is 12.2. The molecule has 0 amide bonds. The number of hydrogen-bond donors (Lipinski definition) is 1. The van der Waals surface area contributed by atoms with Gasteiger partial charge in [-0.1, -0.05) is 29.4 Å². The Kier molecular flexibility index (Phi) is 6.40. The molecular weight excluding hydrogens is 454 g/mol. The van der Waals surface area contributed by atoms with Crippen LogP contribution in [0, 0.1) is 5.41 Å². The Labute approximate surface area is 193 Å². The van der Waals surface area contributed by atoms with Gasteiger partial charge in [-0.2, -0.15) is 0 Å². The summed E-state index contributed by atoms with van der Waals surface area (Å²) in [6.07, 6.45) is 7.03. The molecule has 0 radical (unpaired) electrons. The molecule has 4 rings (SSSR count). The van der Waals surface area contributed by atoms with Gasteiger partial charge in [0.05, 0.1) is 38.6 Å². The minimum atomic E-state index is -2.54. The van der Waals surface area contributed by atoms with E-state index in [1.54, 1.807) is 18.5 Å². The number of anilines is 2. The number of ether oxygens (including phenoxy) is 1. The smallest absolute Gasteiger partial charge is 0.158 e. The van der Waals surface area contributed by atoms with Crippen molar-refractivity contribution in [3.63, 3.8) is 0 Å². The van der Waals surface area contributed by atoms with E-state index in [-0.39, 0.29) is 0 Å². The summed E-state index contributed by atoms with van der Waals surface area (Å²) in [4.78, 5) is 12.6. The molecule has 2 N–H and O–H groups in total. The lowest BCUT2D eigenvalue weighted by atomic mass is 9.77. The third-order valence-electron chi connectivity index (χ3n) is 6.18. The van der Waals surface area contributed by atoms with Crippen molar-refractivity contribution < 1.29 is 8.95 Å². The number of benzene rings is 1. The Hall–Kier alpha value is -1.55. The molecule has 7 nitrogen and oxygen atoms in total. The van der Waals surface area contributed by atoms with Gasteiger partial charge < -0.3 is 15.4 Å². The minimum Gasteiger partial charge on any atom is -0.381 e. The number of halogens is 1. The first-order valence-corrected chi connectivity index (χ1v) is 13.4. The number of rotatable bonds is 4. The van der Waals surface area contributed by atoms with E-state index in [2.05, 4.69) is 26.2 Å². The van der Waals surface area contributed by atoms with E-state index >= 15 is 0 Å². The molecular formula is C21H28ClN5O2S2. The molecule has 3 heterocycles. The third kappa shape index (κ3) is 4.65. The molecule has 2 saturated heterocycles. The van der Waals surface area contributed by atoms with Crippen LogP contribution in [-0.2, 0) is 14.5 Å². The quantitative estimate of drug-likeness (QED) is 0.693. The van der Waals surface area contributed by atoms with Gasteiger partial charge in [0.15, 0.2) is 5.82 Å². The van der Waals surface area contributed by atoms with E-state index in [4.69, 9.17) is 22.1 Å². The molecule has 2 aliphatic rings. The molecule has 1 aromatic carbocycles. The van der Waals surface area contributed by atoms with E-state index in [0.29, 0.717) is 32.3 Å². The maximum absolute atomic E-state index is 12.7. The van der Waals surface area contributed by atoms with Crippen LogP contribution in [0.2, 0.25) is 5.02 Å². The Morgan fingerprint density at radius 1 is 1.39 bits per heavy atom. The topological polar surface area (TPSA) is 93.7 Å². The number of aromatic nitrogens is 2. The lowest BCUT2D eigenvalue weighted by molar-refractivity contribution is 0.0976. The average molecular weight is 482 g/mol. The number of nitrogens with zero attached hydrogens (tertiary/aromatic N) is 4. The molecule has 31 heavy (non-hydrogen) atoms. The van der Waals surface area contributed by atoms with Gasteiger partial charge in [-0.25, -0.2) is 18.5 Å². The summed E-state index contributed by atoms with van der Waals surface area (Å²) in [6, 6.07) is 5.40. The van der Waals surface area contributed by atoms with Gasteiger partial charge >= 0.3 is 0 Å². The monoisotopic (exact) mass is 481 g/mol. The van der Waals surface area contributed by atoms with E-state index in [0.717, 1.165) is 49.7 Å². The highest BCUT2D eigenvalue weighted by atomic mass is 35.5. The Balaban J connectivity index is 1.49. The fourth-order valence-corrected chi connectivity index (χ4v) is 6.80. The summed E-state index contributed by atoms with van der Waals surface area (Å²) in [5.41, 5.74) is 6.57. The van der Waals surface area contributed by atoms with Crippen LogP contribution < -0.4 is 10.6 Å². The van der Waals surface area contributed by atoms with Crippen molar-refractivity contribution in [3.05, 3.63) is 29.4 Å². The number of nitrogen functional groups attached to an aromatic ring is 1. The predicted octanol–water partition coefficient (Wildman–Crippen LogP) is 4.35. The zero-order valence-corrected chi connectivity index (χ0v) is 20.4. The highest BCUT2D eigenvalue weighted by Gasteiger charge is 2.41. The molecule has 1 unspecified atom stereocenters. The van der Waals surface area contributed by atoms with Crippen molar-refractivity contribution in [1.29, 1.82) is 0 Å². The number of hydrogen-bond acceptors (Lipinski definition) is 8. The molecule has 1 spiro atoms. The summed E-state index contributed by atoms with van der Waals surface area (Å²) >= 11 is 7.85. The predicted molar refractivity (Wildman–Crippen MR) is 127 cm³/mol. The third-order valence-corrected chi connectivity index (χ3v) is 9.74. The molecule has 0 bridgehead atoms. The first kappa shape index (κ1) is 22.6. The van der Waals surface area contributed by atoms with Crippen molar-refractivity contribution in [1.82, 2.24) is 9.97 Å². The van der Waals surface area contributed by atoms with Gasteiger partial charge in [-0.05, 0) is 43.7 Å². The van der Waals surface area contributed by atoms with E-state index in [1.807, 2.05) is 12.1 Å². The van der Waals surface area contributed by atoms with Crippen LogP contribution in [0.3, 0.4) is 0 Å². The van der Waals surface area contributed by atoms with Crippen LogP contribution >= 0.6 is 23.4 Å². The molecule has 2 fully saturated rings. The maximum atomic E-state index is 12.7. The molecule has 2 aliphatic heterocycles. The lowest BCUT2D eigenvalue weighted by Gasteiger charge is -2.38. The second-order valence-electron chi connectivity index (χ2n) is 8.39. The maximum Gasteiger partial charge on any atom is 0.158 e. The Morgan fingerprint density at radius 2 is 2.13 bits per heavy atom. The fraction of sp³-hybridized carbons (Fsp3) is 0.524. The lowest BCUT2D eigenvalue weighted by Crippen LogP contribution is -2.41. The normalized spacial score (nSPS) is 22.5. The van der Waals surface area contributed by atoms with Gasteiger partial charge in [0.1, 0.15) is 10.8 Å². The molecule has 168 valence electrons. The van der Waals surface area contributed by atoms with Crippen molar-refractivity contribution in [2.45, 2.75) is 47.1 Å². The Bertz CT molecular complexity index is 1100. The molecule has 0 saturated carbocycles. The van der Waals surface area contributed by atoms with Gasteiger partial charge in [-0.15, -0.1) is 0 Å². The number of nitrogens with two attached hydrogens (primary N) is 1. The van der Waals surface area contributed by atoms with E-state index < -0.39 is 9.73 Å². The van der Waals surface area contributed by atoms with Crippen LogP contribution in [0.15, 0.2) is 43.6 Å². The largest absolute Gasteiger partial charge is 0.381 e. The minimum absolute atomic E-state index is 0.315. The fourth-order valence-electron chi connectivity index (χ4n) is 4.28. The van der Waals surface area contributed by atoms with Crippen LogP contribution in [0.1, 0.15) is 26.2 Å². The summed E-state index contributed by atoms with van der Waals surface area (Å²) in [6.45, 7) is 4.87. The summed E-state index contributed by atoms with van der Waals surface area (Å²) in [5, 5.41) is 0.982. The highest BCUT2D eigenvalue weighted by molar-refractivity contribution is 7.99. The summed E-state index contributed by atoms with van der Waals surface area (Å²) in [5.74, 6) is 1.16. The average Bonchev–Trinajstić information content (AvgIpc) is 3.11. The van der Waals surface area contributed by atoms with Crippen molar-refractivity contribution >= 4 is 44.7 Å². The Morgan fingerprint density at radius 3 is 2.74 bits per heavy atom. The molecule has 0 aliphatic carbocycles. The van der Waals surface area contributed by atoms with Crippen molar-refractivity contribution in [2.24, 2.45) is 9.78 Å². The van der Waals surface area contributed by atoms with Gasteiger partial charge in [0.25, 0.3) is 0 Å². The standard InChI is InChI=1S/C21H28ClN5O2S2/c1-14-11-21(13-29-14)7-9-27(10-8-21)17-12-25-20(19(23)26-17)30-15-5-4-6-16(18(15)22)31(3,28)24-2/h4-6,12,14H,7-11,13H2,1-3H3,(H2,23,26)/t14-,31?/m0/s1. The second kappa shape index (κ2) is 8.77. The van der Waals surface area contributed by atoms with E-state index in [9.17, 15) is 4.21 Å². The van der Waals surface area contributed by atoms with Gasteiger partial charge in [0, 0.05) is 31.3 Å². The first-order chi connectivity index (χ1) is 14.7. The first-order valence-electron chi connectivity index (χ1n) is 10.3. The van der Waals surface area contributed by atoms with Gasteiger partial charge in [-0.3, -0.25) is 0 Å². The van der Waals surface area contributed by atoms with Crippen LogP contribution in [-0.4, -0.2) is 53.3 Å². The zero-order valence-electron chi connectivity index (χ0n) is 18.0. The number of piperidine rings is 1. The van der Waals surface area contributed by atoms with Crippen molar-refractivity contribution in [3.8, 4) is 0 Å². The molecule has 10 heteroatoms. The van der Waals surface area contributed by atoms with Gasteiger partial charge in [0.2, 0.25) is 0 Å². The zero-order chi connectivity index (χ0) is 22.2. The van der Waals surface area contributed by atoms with Crippen molar-refractivity contribution in [2.75, 3.05) is 43.6 Å². The van der Waals surface area contributed by atoms with Crippen LogP contribution in [0.5, 0.6) is 0 Å². The molecule has 1 aromatic heterocycles.